The van der Waals surface area contributed by atoms with Crippen molar-refractivity contribution in [1.82, 2.24) is 0 Å². The number of hydrogen-bond donors (Lipinski definition) is 1. The van der Waals surface area contributed by atoms with Gasteiger partial charge in [-0.15, -0.1) is 0 Å². The molecule has 0 spiro atoms. The standard InChI is InChI=1S/C17H16ClNO/c1-12-6-8-14(9-7-12)17(20)10-13(2)19-16-5-3-4-15(18)11-16/h3-11,19H,1-2H3/b13-10+. The third-order valence-electron chi connectivity index (χ3n) is 2.85. The van der Waals surface area contributed by atoms with Crippen LogP contribution < -0.4 is 5.32 Å². The number of nitrogens with one attached hydrogen (secondary N) is 1. The van der Waals surface area contributed by atoms with E-state index in [9.17, 15) is 4.79 Å². The van der Waals surface area contributed by atoms with Gasteiger partial charge in [0.25, 0.3) is 0 Å². The molecule has 0 aromatic heterocycles. The summed E-state index contributed by atoms with van der Waals surface area (Å²) < 4.78 is 0. The van der Waals surface area contributed by atoms with Crippen LogP contribution in [0.4, 0.5) is 5.69 Å². The molecule has 2 nitrogen and oxygen atoms in total. The molecule has 0 bridgehead atoms. The maximum Gasteiger partial charge on any atom is 0.187 e. The van der Waals surface area contributed by atoms with Crippen LogP contribution in [0.25, 0.3) is 0 Å². The van der Waals surface area contributed by atoms with Crippen LogP contribution in [0.3, 0.4) is 0 Å². The van der Waals surface area contributed by atoms with Gasteiger partial charge in [-0.3, -0.25) is 4.79 Å². The van der Waals surface area contributed by atoms with Gasteiger partial charge < -0.3 is 5.32 Å². The lowest BCUT2D eigenvalue weighted by Crippen LogP contribution is -2.01. The van der Waals surface area contributed by atoms with Crippen LogP contribution in [0.15, 0.2) is 60.3 Å². The zero-order valence-electron chi connectivity index (χ0n) is 11.5. The molecule has 3 heteroatoms. The number of anilines is 1. The van der Waals surface area contributed by atoms with Crippen LogP contribution in [-0.2, 0) is 0 Å². The predicted molar refractivity (Wildman–Crippen MR) is 84.3 cm³/mol. The first-order valence-electron chi connectivity index (χ1n) is 6.36. The number of ketones is 1. The van der Waals surface area contributed by atoms with E-state index in [0.29, 0.717) is 10.6 Å². The second-order valence-corrected chi connectivity index (χ2v) is 5.13. The van der Waals surface area contributed by atoms with Crippen LogP contribution in [0.1, 0.15) is 22.8 Å². The summed E-state index contributed by atoms with van der Waals surface area (Å²) in [5.41, 5.74) is 3.46. The van der Waals surface area contributed by atoms with Gasteiger partial charge in [0.15, 0.2) is 5.78 Å². The highest BCUT2D eigenvalue weighted by Gasteiger charge is 2.03. The Bertz CT molecular complexity index is 644. The molecule has 0 aliphatic heterocycles. The number of allylic oxidation sites excluding steroid dienone is 2. The van der Waals surface area contributed by atoms with Gasteiger partial charge in [-0.1, -0.05) is 47.5 Å². The summed E-state index contributed by atoms with van der Waals surface area (Å²) in [6, 6.07) is 14.9. The fraction of sp³-hybridized carbons (Fsp3) is 0.118. The van der Waals surface area contributed by atoms with E-state index < -0.39 is 0 Å². The maximum absolute atomic E-state index is 12.1. The molecule has 0 unspecified atom stereocenters. The molecule has 2 aromatic rings. The number of benzene rings is 2. The Morgan fingerprint density at radius 2 is 1.85 bits per heavy atom. The average Bonchev–Trinajstić information content (AvgIpc) is 2.39. The Balaban J connectivity index is 2.10. The van der Waals surface area contributed by atoms with E-state index in [1.807, 2.05) is 62.4 Å². The van der Waals surface area contributed by atoms with Gasteiger partial charge in [0.1, 0.15) is 0 Å². The topological polar surface area (TPSA) is 29.1 Å². The summed E-state index contributed by atoms with van der Waals surface area (Å²) in [7, 11) is 0. The summed E-state index contributed by atoms with van der Waals surface area (Å²) in [5.74, 6) is -0.0166. The second-order valence-electron chi connectivity index (χ2n) is 4.69. The van der Waals surface area contributed by atoms with Crippen LogP contribution in [0, 0.1) is 6.92 Å². The summed E-state index contributed by atoms with van der Waals surface area (Å²) in [6.07, 6.45) is 1.59. The van der Waals surface area contributed by atoms with Crippen molar-refractivity contribution >= 4 is 23.1 Å². The SMILES string of the molecule is C/C(=C\C(=O)c1ccc(C)cc1)Nc1cccc(Cl)c1. The van der Waals surface area contributed by atoms with Gasteiger partial charge in [0.05, 0.1) is 0 Å². The molecule has 2 aromatic carbocycles. The lowest BCUT2D eigenvalue weighted by molar-refractivity contribution is 0.104. The van der Waals surface area contributed by atoms with Crippen molar-refractivity contribution in [2.24, 2.45) is 0 Å². The van der Waals surface area contributed by atoms with Crippen molar-refractivity contribution in [3.05, 3.63) is 76.5 Å². The molecule has 0 aliphatic rings. The van der Waals surface area contributed by atoms with E-state index in [0.717, 1.165) is 16.9 Å². The van der Waals surface area contributed by atoms with Crippen LogP contribution in [0.2, 0.25) is 5.02 Å². The van der Waals surface area contributed by atoms with Crippen molar-refractivity contribution in [1.29, 1.82) is 0 Å². The molecular formula is C17H16ClNO. The molecule has 1 N–H and O–H groups in total. The lowest BCUT2D eigenvalue weighted by atomic mass is 10.1. The largest absolute Gasteiger partial charge is 0.359 e. The van der Waals surface area contributed by atoms with Gasteiger partial charge in [0.2, 0.25) is 0 Å². The smallest absolute Gasteiger partial charge is 0.187 e. The molecular weight excluding hydrogens is 270 g/mol. The zero-order valence-corrected chi connectivity index (χ0v) is 12.2. The van der Waals surface area contributed by atoms with Crippen molar-refractivity contribution in [2.45, 2.75) is 13.8 Å². The number of halogens is 1. The Hall–Kier alpha value is -2.06. The van der Waals surface area contributed by atoms with Gasteiger partial charge >= 0.3 is 0 Å². The summed E-state index contributed by atoms with van der Waals surface area (Å²) in [5, 5.41) is 3.81. The van der Waals surface area contributed by atoms with Gasteiger partial charge in [0, 0.05) is 28.0 Å². The Labute approximate surface area is 124 Å². The van der Waals surface area contributed by atoms with Crippen molar-refractivity contribution in [3.63, 3.8) is 0 Å². The number of rotatable bonds is 4. The number of carbonyl (C=O) groups excluding carboxylic acids is 1. The van der Waals surface area contributed by atoms with Gasteiger partial charge in [-0.05, 0) is 32.0 Å². The predicted octanol–water partition coefficient (Wildman–Crippen LogP) is 4.85. The summed E-state index contributed by atoms with van der Waals surface area (Å²) in [4.78, 5) is 12.1. The number of aryl methyl sites for hydroxylation is 1. The third-order valence-corrected chi connectivity index (χ3v) is 3.08. The molecule has 0 saturated heterocycles. The van der Waals surface area contributed by atoms with Gasteiger partial charge in [-0.25, -0.2) is 0 Å². The lowest BCUT2D eigenvalue weighted by Gasteiger charge is -2.06. The molecule has 102 valence electrons. The molecule has 0 amide bonds. The highest BCUT2D eigenvalue weighted by atomic mass is 35.5. The molecule has 0 aliphatic carbocycles. The van der Waals surface area contributed by atoms with Crippen molar-refractivity contribution in [2.75, 3.05) is 5.32 Å². The molecule has 0 atom stereocenters. The van der Waals surface area contributed by atoms with E-state index in [2.05, 4.69) is 5.32 Å². The summed E-state index contributed by atoms with van der Waals surface area (Å²) in [6.45, 7) is 3.85. The third kappa shape index (κ3) is 3.97. The summed E-state index contributed by atoms with van der Waals surface area (Å²) >= 11 is 5.92. The van der Waals surface area contributed by atoms with E-state index in [1.54, 1.807) is 6.08 Å². The fourth-order valence-corrected chi connectivity index (χ4v) is 2.02. The van der Waals surface area contributed by atoms with Crippen molar-refractivity contribution < 1.29 is 4.79 Å². The van der Waals surface area contributed by atoms with E-state index in [1.165, 1.54) is 0 Å². The molecule has 2 rings (SSSR count). The first kappa shape index (κ1) is 14.4. The van der Waals surface area contributed by atoms with E-state index in [4.69, 9.17) is 11.6 Å². The molecule has 0 heterocycles. The monoisotopic (exact) mass is 285 g/mol. The minimum absolute atomic E-state index is 0.0166. The van der Waals surface area contributed by atoms with Crippen LogP contribution in [0.5, 0.6) is 0 Å². The first-order valence-corrected chi connectivity index (χ1v) is 6.74. The van der Waals surface area contributed by atoms with Crippen molar-refractivity contribution in [3.8, 4) is 0 Å². The molecule has 0 saturated carbocycles. The Morgan fingerprint density at radius 1 is 1.15 bits per heavy atom. The minimum Gasteiger partial charge on any atom is -0.359 e. The zero-order chi connectivity index (χ0) is 14.5. The number of hydrogen-bond acceptors (Lipinski definition) is 2. The van der Waals surface area contributed by atoms with Gasteiger partial charge in [-0.2, -0.15) is 0 Å². The van der Waals surface area contributed by atoms with E-state index >= 15 is 0 Å². The number of carbonyl (C=O) groups is 1. The fourth-order valence-electron chi connectivity index (χ4n) is 1.83. The minimum atomic E-state index is -0.0166. The maximum atomic E-state index is 12.1. The van der Waals surface area contributed by atoms with Crippen LogP contribution in [-0.4, -0.2) is 5.78 Å². The molecule has 0 radical (unpaired) electrons. The highest BCUT2D eigenvalue weighted by molar-refractivity contribution is 6.30. The Kier molecular flexibility index (Phi) is 4.59. The Morgan fingerprint density at radius 3 is 2.50 bits per heavy atom. The average molecular weight is 286 g/mol. The van der Waals surface area contributed by atoms with Crippen LogP contribution >= 0.6 is 11.6 Å². The first-order chi connectivity index (χ1) is 9.54. The second kappa shape index (κ2) is 6.40. The van der Waals surface area contributed by atoms with E-state index in [-0.39, 0.29) is 5.78 Å². The molecule has 20 heavy (non-hydrogen) atoms. The normalized spacial score (nSPS) is 11.2. The quantitative estimate of drug-likeness (QED) is 0.643. The highest BCUT2D eigenvalue weighted by Crippen LogP contribution is 2.16. The molecule has 0 fully saturated rings.